The first-order valence-electron chi connectivity index (χ1n) is 13.0. The van der Waals surface area contributed by atoms with Crippen LogP contribution in [-0.2, 0) is 62.9 Å². The average Bonchev–Trinajstić information content (AvgIpc) is 3.35. The van der Waals surface area contributed by atoms with E-state index in [0.717, 1.165) is 6.26 Å². The highest BCUT2D eigenvalue weighted by Gasteiger charge is 2.65. The molecule has 1 aromatic rings. The van der Waals surface area contributed by atoms with Gasteiger partial charge in [-0.05, 0) is 59.2 Å². The number of benzene rings is 1. The van der Waals surface area contributed by atoms with Gasteiger partial charge in [-0.15, -0.1) is 0 Å². The van der Waals surface area contributed by atoms with Crippen LogP contribution in [0.4, 0.5) is 0 Å². The highest BCUT2D eigenvalue weighted by Crippen LogP contribution is 2.55. The Balaban J connectivity index is 1.58. The lowest BCUT2D eigenvalue weighted by molar-refractivity contribution is -0.239. The van der Waals surface area contributed by atoms with Gasteiger partial charge < -0.3 is 32.9 Å². The zero-order valence-corrected chi connectivity index (χ0v) is 25.6. The van der Waals surface area contributed by atoms with E-state index in [9.17, 15) is 13.0 Å². The van der Waals surface area contributed by atoms with Gasteiger partial charge in [-0.1, -0.05) is 12.1 Å². The second kappa shape index (κ2) is 11.8. The molecule has 228 valence electrons. The van der Waals surface area contributed by atoms with Crippen LogP contribution in [0.5, 0.6) is 5.75 Å². The van der Waals surface area contributed by atoms with E-state index < -0.39 is 72.4 Å². The molecule has 0 amide bonds. The van der Waals surface area contributed by atoms with E-state index in [1.54, 1.807) is 46.8 Å². The minimum atomic E-state index is -4.25. The van der Waals surface area contributed by atoms with Crippen LogP contribution in [-0.4, -0.2) is 82.9 Å². The minimum absolute atomic E-state index is 0.156. The van der Waals surface area contributed by atoms with Crippen LogP contribution in [0, 0.1) is 0 Å². The summed E-state index contributed by atoms with van der Waals surface area (Å²) in [5.74, 6) is -1.86. The Hall–Kier alpha value is -1.16. The van der Waals surface area contributed by atoms with Crippen molar-refractivity contribution in [2.24, 2.45) is 0 Å². The predicted octanol–water partition coefficient (Wildman–Crippen LogP) is 3.50. The van der Waals surface area contributed by atoms with Crippen LogP contribution in [0.3, 0.4) is 0 Å². The number of hydrogen-bond acceptors (Lipinski definition) is 13. The fourth-order valence-electron chi connectivity index (χ4n) is 5.00. The third-order valence-corrected chi connectivity index (χ3v) is 8.36. The third-order valence-electron chi connectivity index (χ3n) is 6.43. The van der Waals surface area contributed by atoms with E-state index in [1.807, 2.05) is 6.92 Å². The number of fused-ring (bicyclic) bond motifs is 2. The van der Waals surface area contributed by atoms with Gasteiger partial charge in [0, 0.05) is 13.7 Å². The van der Waals surface area contributed by atoms with Crippen LogP contribution in [0.25, 0.3) is 0 Å². The minimum Gasteiger partial charge on any atom is -0.404 e. The molecule has 3 aliphatic rings. The van der Waals surface area contributed by atoms with Crippen LogP contribution in [0.2, 0.25) is 0 Å². The van der Waals surface area contributed by atoms with E-state index in [2.05, 4.69) is 0 Å². The summed E-state index contributed by atoms with van der Waals surface area (Å²) in [6.45, 7) is 11.0. The summed E-state index contributed by atoms with van der Waals surface area (Å²) in [4.78, 5) is 0. The topological polar surface area (TPSA) is 144 Å². The monoisotopic (exact) mass is 610 g/mol. The first kappa shape index (κ1) is 31.8. The van der Waals surface area contributed by atoms with E-state index in [-0.39, 0.29) is 12.4 Å². The van der Waals surface area contributed by atoms with Crippen molar-refractivity contribution in [3.05, 3.63) is 29.8 Å². The van der Waals surface area contributed by atoms with Crippen LogP contribution >= 0.6 is 7.82 Å². The highest BCUT2D eigenvalue weighted by molar-refractivity contribution is 7.85. The fraction of sp³-hybridized carbons (Fsp3) is 0.760. The van der Waals surface area contributed by atoms with Crippen LogP contribution < -0.4 is 4.52 Å². The first-order chi connectivity index (χ1) is 18.5. The van der Waals surface area contributed by atoms with Gasteiger partial charge in [0.2, 0.25) is 0 Å². The standard InChI is InChI=1S/C25H39O13PS/c1-9-30-15(2)32-18-19-21(35-24(3,4)33-19)23(22-20(18)34-25(5,6)36-22)38-39(26,29-7)37-17-12-10-16(11-13-17)14-31-40(8,27)28/h10-13,15,18-23H,9,14H2,1-8H3/t15?,18?,19-,20+,21-,22-,23?,39?/m1/s1. The van der Waals surface area contributed by atoms with Gasteiger partial charge in [0.15, 0.2) is 17.9 Å². The average molecular weight is 611 g/mol. The van der Waals surface area contributed by atoms with Crippen molar-refractivity contribution in [3.8, 4) is 5.75 Å². The van der Waals surface area contributed by atoms with Gasteiger partial charge in [-0.3, -0.25) is 13.2 Å². The molecule has 0 aromatic heterocycles. The summed E-state index contributed by atoms with van der Waals surface area (Å²) >= 11 is 0. The maximum absolute atomic E-state index is 13.8. The Labute approximate surface area is 235 Å². The summed E-state index contributed by atoms with van der Waals surface area (Å²) in [5, 5.41) is 0. The van der Waals surface area contributed by atoms with Gasteiger partial charge >= 0.3 is 7.82 Å². The Morgan fingerprint density at radius 1 is 0.925 bits per heavy atom. The SMILES string of the molecule is CCOC(C)OC1[C@H]2OC(C)(C)O[C@H]2C(OP(=O)(OC)Oc2ccc(COS(C)(=O)=O)cc2)[C@@H]2OC(C)(C)O[C@@H]12. The Kier molecular flexibility index (Phi) is 9.41. The second-order valence-corrected chi connectivity index (χ2v) is 14.0. The molecule has 0 N–H and O–H groups in total. The summed E-state index contributed by atoms with van der Waals surface area (Å²) < 4.78 is 94.9. The lowest BCUT2D eigenvalue weighted by Crippen LogP contribution is -2.63. The van der Waals surface area contributed by atoms with Gasteiger partial charge in [0.05, 0.1) is 12.9 Å². The van der Waals surface area contributed by atoms with Crippen molar-refractivity contribution < 1.29 is 59.2 Å². The summed E-state index contributed by atoms with van der Waals surface area (Å²) in [7, 11) is -6.65. The molecule has 13 nitrogen and oxygen atoms in total. The molecule has 40 heavy (non-hydrogen) atoms. The van der Waals surface area contributed by atoms with E-state index in [4.69, 9.17) is 46.2 Å². The van der Waals surface area contributed by atoms with Crippen molar-refractivity contribution in [1.29, 1.82) is 0 Å². The molecule has 2 aliphatic heterocycles. The number of hydrogen-bond donors (Lipinski definition) is 0. The molecule has 1 aliphatic carbocycles. The first-order valence-corrected chi connectivity index (χ1v) is 16.3. The maximum atomic E-state index is 13.8. The molecular formula is C25H39O13PS. The molecule has 15 heteroatoms. The Morgan fingerprint density at radius 2 is 1.43 bits per heavy atom. The largest absolute Gasteiger partial charge is 0.530 e. The normalized spacial score (nSPS) is 33.1. The molecule has 2 heterocycles. The lowest BCUT2D eigenvalue weighted by Gasteiger charge is -2.43. The van der Waals surface area contributed by atoms with Crippen molar-refractivity contribution in [2.45, 2.75) is 103 Å². The molecule has 4 unspecified atom stereocenters. The number of phosphoric ester groups is 1. The number of phosphoric acid groups is 1. The van der Waals surface area contributed by atoms with Crippen molar-refractivity contribution in [2.75, 3.05) is 20.0 Å². The molecule has 8 atom stereocenters. The quantitative estimate of drug-likeness (QED) is 0.194. The predicted molar refractivity (Wildman–Crippen MR) is 140 cm³/mol. The molecule has 4 rings (SSSR count). The highest BCUT2D eigenvalue weighted by atomic mass is 32.2. The number of rotatable bonds is 12. The van der Waals surface area contributed by atoms with Gasteiger partial charge in [-0.2, -0.15) is 8.42 Å². The van der Waals surface area contributed by atoms with Gasteiger partial charge in [-0.25, -0.2) is 4.57 Å². The lowest BCUT2D eigenvalue weighted by atomic mass is 9.85. The maximum Gasteiger partial charge on any atom is 0.530 e. The summed E-state index contributed by atoms with van der Waals surface area (Å²) in [6.07, 6.45) is -4.16. The molecule has 2 saturated heterocycles. The summed E-state index contributed by atoms with van der Waals surface area (Å²) in [6, 6.07) is 6.14. The van der Waals surface area contributed by atoms with Crippen molar-refractivity contribution >= 4 is 17.9 Å². The fourth-order valence-corrected chi connectivity index (χ4v) is 6.47. The third kappa shape index (κ3) is 7.61. The molecule has 0 radical (unpaired) electrons. The summed E-state index contributed by atoms with van der Waals surface area (Å²) in [5.41, 5.74) is 0.564. The molecule has 0 bridgehead atoms. The Bertz CT molecular complexity index is 1140. The Morgan fingerprint density at radius 3 is 1.88 bits per heavy atom. The van der Waals surface area contributed by atoms with Gasteiger partial charge in [0.1, 0.15) is 42.4 Å². The van der Waals surface area contributed by atoms with Crippen LogP contribution in [0.15, 0.2) is 24.3 Å². The second-order valence-electron chi connectivity index (χ2n) is 10.7. The van der Waals surface area contributed by atoms with Crippen molar-refractivity contribution in [1.82, 2.24) is 0 Å². The van der Waals surface area contributed by atoms with E-state index >= 15 is 0 Å². The molecule has 3 fully saturated rings. The zero-order chi connectivity index (χ0) is 29.5. The zero-order valence-electron chi connectivity index (χ0n) is 23.9. The number of ether oxygens (including phenoxy) is 6. The smallest absolute Gasteiger partial charge is 0.404 e. The van der Waals surface area contributed by atoms with Crippen LogP contribution in [0.1, 0.15) is 47.1 Å². The van der Waals surface area contributed by atoms with E-state index in [0.29, 0.717) is 12.2 Å². The van der Waals surface area contributed by atoms with Gasteiger partial charge in [0.25, 0.3) is 10.1 Å². The molecule has 0 spiro atoms. The molecule has 1 saturated carbocycles. The van der Waals surface area contributed by atoms with E-state index in [1.165, 1.54) is 19.2 Å². The van der Waals surface area contributed by atoms with Crippen molar-refractivity contribution in [3.63, 3.8) is 0 Å². The molecular weight excluding hydrogens is 571 g/mol. The molecule has 1 aromatic carbocycles.